The van der Waals surface area contributed by atoms with Gasteiger partial charge in [-0.15, -0.1) is 0 Å². The van der Waals surface area contributed by atoms with Crippen LogP contribution in [0.4, 0.5) is 20.1 Å². The number of carboxylic acids is 1. The Hall–Kier alpha value is -4.81. The summed E-state index contributed by atoms with van der Waals surface area (Å²) < 4.78 is 16.9. The van der Waals surface area contributed by atoms with Crippen molar-refractivity contribution in [3.63, 3.8) is 0 Å². The van der Waals surface area contributed by atoms with Crippen LogP contribution in [0.25, 0.3) is 0 Å². The number of carbonyl (C=O) groups is 5. The van der Waals surface area contributed by atoms with Crippen molar-refractivity contribution in [3.8, 4) is 0 Å². The number of esters is 1. The van der Waals surface area contributed by atoms with Gasteiger partial charge >= 0.3 is 30.2 Å². The fourth-order valence-electron chi connectivity index (χ4n) is 7.00. The Morgan fingerprint density at radius 3 is 1.69 bits per heavy atom. The normalized spacial score (nSPS) is 18.6. The van der Waals surface area contributed by atoms with Crippen LogP contribution in [0.15, 0.2) is 48.5 Å². The van der Waals surface area contributed by atoms with Crippen LogP contribution in [0.2, 0.25) is 0 Å². The Balaban J connectivity index is 1.35. The fraction of sp³-hybridized carbons (Fsp3) is 0.595. The van der Waals surface area contributed by atoms with Crippen molar-refractivity contribution in [3.05, 3.63) is 65.2 Å². The Labute approximate surface area is 325 Å². The van der Waals surface area contributed by atoms with Gasteiger partial charge in [0, 0.05) is 38.4 Å². The van der Waals surface area contributed by atoms with Crippen molar-refractivity contribution in [1.82, 2.24) is 15.1 Å². The molecule has 302 valence electrons. The molecule has 2 aromatic carbocycles. The van der Waals surface area contributed by atoms with Crippen LogP contribution in [0.1, 0.15) is 91.8 Å². The molecule has 2 aliphatic rings. The summed E-state index contributed by atoms with van der Waals surface area (Å²) in [6, 6.07) is 14.4. The van der Waals surface area contributed by atoms with E-state index in [1.807, 2.05) is 84.0 Å². The number of likely N-dealkylation sites (tertiary alicyclic amines) is 2. The quantitative estimate of drug-likeness (QED) is 0.158. The SMILES string of the molecule is CC(C)(C)OC(=O)[C@@H](Cc1cccc(NC(=O)NCc2cccc(C[C@H](C(=O)O)[C@H]3CCN(C(=O)OC(C)(C)C)C3)c2)c1)[C@H]1CCN(C(=O)OC(C)(C)C)C1. The fourth-order valence-corrected chi connectivity index (χ4v) is 7.00. The maximum atomic E-state index is 13.5. The van der Waals surface area contributed by atoms with Crippen molar-refractivity contribution in [1.29, 1.82) is 0 Å². The van der Waals surface area contributed by atoms with Crippen LogP contribution in [0, 0.1) is 23.7 Å². The van der Waals surface area contributed by atoms with Crippen LogP contribution in [-0.4, -0.2) is 88.0 Å². The maximum absolute atomic E-state index is 13.5. The number of amides is 4. The molecule has 0 bridgehead atoms. The summed E-state index contributed by atoms with van der Waals surface area (Å²) in [5, 5.41) is 15.9. The van der Waals surface area contributed by atoms with Crippen LogP contribution in [0.5, 0.6) is 0 Å². The lowest BCUT2D eigenvalue weighted by Crippen LogP contribution is -2.38. The summed E-state index contributed by atoms with van der Waals surface area (Å²) in [7, 11) is 0. The second-order valence-corrected chi connectivity index (χ2v) is 17.8. The Morgan fingerprint density at radius 1 is 0.691 bits per heavy atom. The molecule has 2 aromatic rings. The minimum absolute atomic E-state index is 0.131. The van der Waals surface area contributed by atoms with E-state index >= 15 is 0 Å². The minimum Gasteiger partial charge on any atom is -0.481 e. The van der Waals surface area contributed by atoms with Crippen molar-refractivity contribution in [2.24, 2.45) is 23.7 Å². The number of hydrogen-bond donors (Lipinski definition) is 3. The number of carbonyl (C=O) groups excluding carboxylic acids is 4. The lowest BCUT2D eigenvalue weighted by Gasteiger charge is -2.28. The second-order valence-electron chi connectivity index (χ2n) is 17.8. The highest BCUT2D eigenvalue weighted by atomic mass is 16.6. The summed E-state index contributed by atoms with van der Waals surface area (Å²) in [4.78, 5) is 67.5. The highest BCUT2D eigenvalue weighted by molar-refractivity contribution is 5.89. The van der Waals surface area contributed by atoms with E-state index in [-0.39, 0.29) is 24.3 Å². The third-order valence-electron chi connectivity index (χ3n) is 9.46. The maximum Gasteiger partial charge on any atom is 0.410 e. The zero-order chi connectivity index (χ0) is 40.7. The summed E-state index contributed by atoms with van der Waals surface area (Å²) in [5.41, 5.74) is 1.08. The first kappa shape index (κ1) is 42.9. The highest BCUT2D eigenvalue weighted by Gasteiger charge is 2.40. The second kappa shape index (κ2) is 17.8. The van der Waals surface area contributed by atoms with E-state index < -0.39 is 52.8 Å². The van der Waals surface area contributed by atoms with Crippen molar-refractivity contribution in [2.75, 3.05) is 31.5 Å². The van der Waals surface area contributed by atoms with E-state index in [0.29, 0.717) is 57.5 Å². The molecule has 4 atom stereocenters. The van der Waals surface area contributed by atoms with Gasteiger partial charge in [0.25, 0.3) is 0 Å². The Morgan fingerprint density at radius 2 is 1.16 bits per heavy atom. The zero-order valence-electron chi connectivity index (χ0n) is 33.9. The van der Waals surface area contributed by atoms with Crippen LogP contribution in [0.3, 0.4) is 0 Å². The molecule has 4 rings (SSSR count). The molecule has 2 aliphatic heterocycles. The molecule has 0 unspecified atom stereocenters. The van der Waals surface area contributed by atoms with Gasteiger partial charge in [0.1, 0.15) is 16.8 Å². The molecule has 0 spiro atoms. The number of anilines is 1. The van der Waals surface area contributed by atoms with Crippen LogP contribution in [-0.2, 0) is 43.2 Å². The van der Waals surface area contributed by atoms with E-state index in [9.17, 15) is 29.1 Å². The summed E-state index contributed by atoms with van der Waals surface area (Å²) in [6.07, 6.45) is 1.04. The molecule has 55 heavy (non-hydrogen) atoms. The van der Waals surface area contributed by atoms with Gasteiger partial charge in [-0.2, -0.15) is 0 Å². The molecule has 13 heteroatoms. The van der Waals surface area contributed by atoms with Crippen LogP contribution >= 0.6 is 0 Å². The number of nitrogens with zero attached hydrogens (tertiary/aromatic N) is 2. The predicted octanol–water partition coefficient (Wildman–Crippen LogP) is 7.27. The molecule has 3 N–H and O–H groups in total. The topological polar surface area (TPSA) is 164 Å². The van der Waals surface area contributed by atoms with Crippen molar-refractivity contribution < 1.29 is 43.3 Å². The summed E-state index contributed by atoms with van der Waals surface area (Å²) in [6.45, 7) is 18.2. The van der Waals surface area contributed by atoms with Gasteiger partial charge in [-0.1, -0.05) is 36.4 Å². The number of hydrogen-bond acceptors (Lipinski definition) is 8. The van der Waals surface area contributed by atoms with Crippen molar-refractivity contribution in [2.45, 2.75) is 111 Å². The number of benzene rings is 2. The molecule has 0 aromatic heterocycles. The summed E-state index contributed by atoms with van der Waals surface area (Å²) in [5.74, 6) is -2.78. The number of aliphatic carboxylic acids is 1. The monoisotopic (exact) mass is 764 g/mol. The van der Waals surface area contributed by atoms with Gasteiger partial charge in [-0.3, -0.25) is 9.59 Å². The lowest BCUT2D eigenvalue weighted by molar-refractivity contribution is -0.162. The number of rotatable bonds is 11. The average Bonchev–Trinajstić information content (AvgIpc) is 3.74. The first-order valence-electron chi connectivity index (χ1n) is 19.2. The molecule has 13 nitrogen and oxygen atoms in total. The highest BCUT2D eigenvalue weighted by Crippen LogP contribution is 2.32. The number of ether oxygens (including phenoxy) is 3. The standard InChI is InChI=1S/C42H60N4O9/c1-40(2,3)53-36(49)34(31-17-19-46(26-31)39(52)55-42(7,8)9)23-28-13-11-15-32(21-28)44-37(50)43-24-29-14-10-12-27(20-29)22-33(35(47)48)30-16-18-45(25-30)38(51)54-41(4,5)6/h10-15,20-21,30-31,33-34H,16-19,22-26H2,1-9H3,(H,47,48)(H2,43,44,50)/t30-,31-,33-,34-/m0/s1. The largest absolute Gasteiger partial charge is 0.481 e. The van der Waals surface area contributed by atoms with Gasteiger partial charge in [-0.25, -0.2) is 14.4 Å². The van der Waals surface area contributed by atoms with Crippen LogP contribution < -0.4 is 10.6 Å². The molecular weight excluding hydrogens is 704 g/mol. The third-order valence-corrected chi connectivity index (χ3v) is 9.46. The predicted molar refractivity (Wildman–Crippen MR) is 208 cm³/mol. The molecule has 2 saturated heterocycles. The van der Waals surface area contributed by atoms with E-state index in [1.54, 1.807) is 36.6 Å². The van der Waals surface area contributed by atoms with Gasteiger partial charge < -0.3 is 39.8 Å². The molecule has 2 fully saturated rings. The van der Waals surface area contributed by atoms with Gasteiger partial charge in [0.2, 0.25) is 0 Å². The third kappa shape index (κ3) is 13.8. The molecule has 4 amide bonds. The Bertz CT molecular complexity index is 1690. The van der Waals surface area contributed by atoms with E-state index in [4.69, 9.17) is 14.2 Å². The van der Waals surface area contributed by atoms with Gasteiger partial charge in [0.15, 0.2) is 0 Å². The number of urea groups is 1. The minimum atomic E-state index is -0.912. The molecule has 0 saturated carbocycles. The Kier molecular flexibility index (Phi) is 13.9. The van der Waals surface area contributed by atoms with E-state index in [0.717, 1.165) is 16.7 Å². The van der Waals surface area contributed by atoms with E-state index in [1.165, 1.54) is 0 Å². The van der Waals surface area contributed by atoms with E-state index in [2.05, 4.69) is 10.6 Å². The lowest BCUT2D eigenvalue weighted by atomic mass is 9.86. The average molecular weight is 765 g/mol. The van der Waals surface area contributed by atoms with Gasteiger partial charge in [-0.05, 0) is 129 Å². The molecular formula is C42H60N4O9. The smallest absolute Gasteiger partial charge is 0.410 e. The number of nitrogens with one attached hydrogen (secondary N) is 2. The first-order valence-corrected chi connectivity index (χ1v) is 19.2. The van der Waals surface area contributed by atoms with Crippen molar-refractivity contribution >= 4 is 35.8 Å². The van der Waals surface area contributed by atoms with Gasteiger partial charge in [0.05, 0.1) is 11.8 Å². The molecule has 0 radical (unpaired) electrons. The molecule has 2 heterocycles. The summed E-state index contributed by atoms with van der Waals surface area (Å²) >= 11 is 0. The number of carboxylic acid groups (broad SMARTS) is 1. The first-order chi connectivity index (χ1) is 25.5. The zero-order valence-corrected chi connectivity index (χ0v) is 33.9. The molecule has 0 aliphatic carbocycles.